The van der Waals surface area contributed by atoms with E-state index in [1.807, 2.05) is 75.4 Å². The summed E-state index contributed by atoms with van der Waals surface area (Å²) in [5.41, 5.74) is 3.21. The number of fused-ring (bicyclic) bond motifs is 1. The van der Waals surface area contributed by atoms with E-state index in [0.29, 0.717) is 62.1 Å². The van der Waals surface area contributed by atoms with Gasteiger partial charge in [0.05, 0.1) is 48.7 Å². The standard InChI is InChI=1S/C58H62N6O13S3/c1-38(2)54(33-59-53(56(66)73-7)31-41-15-21-48(22-16-41)77-50(36-74-40(4)65)37-76-80(69,70)51-28-13-39(3)14-29-51)64-34-45(61-63-64)35-75-49-27-30-52-55(32-49)78-57(60-52)79(67,68)62-58(42-11-9-8-10-12-42,43-17-23-46(71-5)24-18-43)44-19-25-47(72-6)26-20-44/h8-30,32,34,38,50,53-54,59,62H,31,33,35-37H2,1-7H3/t50?,53-,54+/m0/s1. The molecule has 2 N–H and O–H groups in total. The lowest BCUT2D eigenvalue weighted by Crippen LogP contribution is -2.47. The Morgan fingerprint density at radius 1 is 0.738 bits per heavy atom. The molecule has 8 rings (SSSR count). The molecule has 0 bridgehead atoms. The quantitative estimate of drug-likeness (QED) is 0.0280. The van der Waals surface area contributed by atoms with E-state index in [0.717, 1.165) is 22.5 Å². The van der Waals surface area contributed by atoms with Crippen molar-refractivity contribution in [3.8, 4) is 23.0 Å². The number of hydrogen-bond acceptors (Lipinski definition) is 18. The van der Waals surface area contributed by atoms with Gasteiger partial charge in [-0.05, 0) is 108 Å². The molecule has 8 aromatic rings. The molecule has 0 aliphatic heterocycles. The highest BCUT2D eigenvalue weighted by atomic mass is 32.2. The Morgan fingerprint density at radius 2 is 1.35 bits per heavy atom. The summed E-state index contributed by atoms with van der Waals surface area (Å²) in [6, 6.07) is 41.1. The molecule has 80 heavy (non-hydrogen) atoms. The topological polar surface area (TPSA) is 235 Å². The number of thiazole rings is 1. The highest BCUT2D eigenvalue weighted by Gasteiger charge is 2.42. The molecule has 1 unspecified atom stereocenters. The van der Waals surface area contributed by atoms with Crippen LogP contribution in [0.15, 0.2) is 161 Å². The number of carbonyl (C=O) groups is 2. The number of ether oxygens (including phenoxy) is 6. The van der Waals surface area contributed by atoms with Crippen LogP contribution in [0.2, 0.25) is 0 Å². The van der Waals surface area contributed by atoms with Gasteiger partial charge >= 0.3 is 11.9 Å². The van der Waals surface area contributed by atoms with E-state index in [2.05, 4.69) is 25.3 Å². The first kappa shape index (κ1) is 58.4. The number of methoxy groups -OCH3 is 3. The monoisotopic (exact) mass is 1150 g/mol. The third-order valence-electron chi connectivity index (χ3n) is 13.1. The normalized spacial score (nSPS) is 13.1. The highest BCUT2D eigenvalue weighted by molar-refractivity contribution is 7.91. The number of rotatable bonds is 27. The number of aromatic nitrogens is 4. The fourth-order valence-corrected chi connectivity index (χ4v) is 12.3. The summed E-state index contributed by atoms with van der Waals surface area (Å²) in [4.78, 5) is 29.4. The fraction of sp³-hybridized carbons (Fsp3) is 0.293. The Hall–Kier alpha value is -7.73. The fourth-order valence-electron chi connectivity index (χ4n) is 8.76. The molecule has 0 saturated carbocycles. The molecule has 3 atom stereocenters. The predicted molar refractivity (Wildman–Crippen MR) is 300 cm³/mol. The van der Waals surface area contributed by atoms with Crippen molar-refractivity contribution in [2.75, 3.05) is 41.1 Å². The molecule has 22 heteroatoms. The zero-order valence-corrected chi connectivity index (χ0v) is 47.5. The summed E-state index contributed by atoms with van der Waals surface area (Å²) in [6.45, 7) is 6.82. The molecule has 2 heterocycles. The van der Waals surface area contributed by atoms with E-state index in [-0.39, 0.29) is 40.8 Å². The van der Waals surface area contributed by atoms with Crippen LogP contribution >= 0.6 is 11.3 Å². The molecule has 6 aromatic carbocycles. The average molecular weight is 1150 g/mol. The van der Waals surface area contributed by atoms with Crippen LogP contribution in [-0.4, -0.2) is 102 Å². The number of nitrogens with one attached hydrogen (secondary N) is 2. The van der Waals surface area contributed by atoms with Crippen molar-refractivity contribution >= 4 is 53.6 Å². The summed E-state index contributed by atoms with van der Waals surface area (Å²) < 4.78 is 99.2. The summed E-state index contributed by atoms with van der Waals surface area (Å²) in [5, 5.41) is 12.2. The van der Waals surface area contributed by atoms with Crippen molar-refractivity contribution < 1.29 is 59.0 Å². The zero-order chi connectivity index (χ0) is 57.0. The molecule has 0 amide bonds. The van der Waals surface area contributed by atoms with E-state index < -0.39 is 56.4 Å². The molecular formula is C58H62N6O13S3. The van der Waals surface area contributed by atoms with E-state index in [1.165, 1.54) is 26.2 Å². The molecule has 0 aliphatic carbocycles. The lowest BCUT2D eigenvalue weighted by atomic mass is 9.78. The number of sulfonamides is 1. The van der Waals surface area contributed by atoms with Crippen LogP contribution in [0.3, 0.4) is 0 Å². The Balaban J connectivity index is 0.916. The van der Waals surface area contributed by atoms with Crippen molar-refractivity contribution in [3.63, 3.8) is 0 Å². The molecule has 0 aliphatic rings. The van der Waals surface area contributed by atoms with Gasteiger partial charge in [-0.2, -0.15) is 13.1 Å². The number of esters is 2. The maximum absolute atomic E-state index is 14.7. The first-order valence-electron chi connectivity index (χ1n) is 25.4. The SMILES string of the molecule is COC(=O)[C@H](Cc1ccc(OC(COC(C)=O)COS(=O)(=O)c2ccc(C)cc2)cc1)NC[C@H](C(C)C)n1cc(COc2ccc3nc(S(=O)(=O)NC(c4ccccc4)(c4ccc(OC)cc4)c4ccc(OC)cc4)sc3c2)nn1. The molecule has 2 aromatic heterocycles. The van der Waals surface area contributed by atoms with E-state index in [4.69, 9.17) is 32.6 Å². The van der Waals surface area contributed by atoms with Crippen molar-refractivity contribution in [1.29, 1.82) is 0 Å². The van der Waals surface area contributed by atoms with Crippen LogP contribution in [0.1, 0.15) is 60.3 Å². The Kier molecular flexibility index (Phi) is 19.0. The number of benzene rings is 6. The third-order valence-corrected chi connectivity index (χ3v) is 17.2. The molecule has 0 spiro atoms. The minimum Gasteiger partial charge on any atom is -0.497 e. The molecule has 0 radical (unpaired) electrons. The van der Waals surface area contributed by atoms with Gasteiger partial charge in [0.25, 0.3) is 20.1 Å². The molecule has 0 saturated heterocycles. The summed E-state index contributed by atoms with van der Waals surface area (Å²) in [5.74, 6) is 1.04. The van der Waals surface area contributed by atoms with Gasteiger partial charge < -0.3 is 33.7 Å². The van der Waals surface area contributed by atoms with Crippen LogP contribution in [0.4, 0.5) is 0 Å². The number of aryl methyl sites for hydroxylation is 1. The van der Waals surface area contributed by atoms with Crippen LogP contribution in [0.5, 0.6) is 23.0 Å². The lowest BCUT2D eigenvalue weighted by molar-refractivity contribution is -0.144. The average Bonchev–Trinajstić information content (AvgIpc) is 4.16. The third kappa shape index (κ3) is 14.4. The maximum atomic E-state index is 14.7. The molecule has 0 fully saturated rings. The first-order chi connectivity index (χ1) is 38.4. The summed E-state index contributed by atoms with van der Waals surface area (Å²) in [6.07, 6.45) is 1.07. The number of nitrogens with zero attached hydrogens (tertiary/aromatic N) is 4. The Morgan fingerprint density at radius 3 is 1.95 bits per heavy atom. The van der Waals surface area contributed by atoms with Crippen molar-refractivity contribution in [2.45, 2.75) is 73.7 Å². The second kappa shape index (κ2) is 26.0. The lowest BCUT2D eigenvalue weighted by Gasteiger charge is -2.36. The van der Waals surface area contributed by atoms with Crippen molar-refractivity contribution in [3.05, 3.63) is 185 Å². The van der Waals surface area contributed by atoms with Gasteiger partial charge in [0.1, 0.15) is 60.1 Å². The highest BCUT2D eigenvalue weighted by Crippen LogP contribution is 2.41. The summed E-state index contributed by atoms with van der Waals surface area (Å²) in [7, 11) is -3.98. The van der Waals surface area contributed by atoms with Gasteiger partial charge in [0, 0.05) is 13.5 Å². The van der Waals surface area contributed by atoms with E-state index in [1.54, 1.807) is 104 Å². The second-order valence-electron chi connectivity index (χ2n) is 19.0. The van der Waals surface area contributed by atoms with Crippen LogP contribution < -0.4 is 29.0 Å². The Labute approximate surface area is 469 Å². The largest absolute Gasteiger partial charge is 0.497 e. The van der Waals surface area contributed by atoms with E-state index >= 15 is 0 Å². The molecule has 420 valence electrons. The predicted octanol–water partition coefficient (Wildman–Crippen LogP) is 8.35. The second-order valence-corrected chi connectivity index (χ2v) is 23.5. The molecule has 19 nitrogen and oxygen atoms in total. The number of carbonyl (C=O) groups excluding carboxylic acids is 2. The van der Waals surface area contributed by atoms with Crippen molar-refractivity contribution in [1.82, 2.24) is 30.0 Å². The summed E-state index contributed by atoms with van der Waals surface area (Å²) >= 11 is 1.01. The van der Waals surface area contributed by atoms with Gasteiger partial charge in [0.15, 0.2) is 6.10 Å². The van der Waals surface area contributed by atoms with Gasteiger partial charge in [-0.15, -0.1) is 16.4 Å². The van der Waals surface area contributed by atoms with Crippen LogP contribution in [-0.2, 0) is 62.0 Å². The van der Waals surface area contributed by atoms with Crippen LogP contribution in [0, 0.1) is 12.8 Å². The van der Waals surface area contributed by atoms with Gasteiger partial charge in [0.2, 0.25) is 4.34 Å². The minimum absolute atomic E-state index is 0.0178. The van der Waals surface area contributed by atoms with E-state index in [9.17, 15) is 26.4 Å². The number of hydrogen-bond donors (Lipinski definition) is 2. The minimum atomic E-state index is -4.32. The van der Waals surface area contributed by atoms with Crippen LogP contribution in [0.25, 0.3) is 10.2 Å². The van der Waals surface area contributed by atoms with Gasteiger partial charge in [-0.25, -0.2) is 18.1 Å². The van der Waals surface area contributed by atoms with Crippen molar-refractivity contribution in [2.24, 2.45) is 5.92 Å². The van der Waals surface area contributed by atoms with Gasteiger partial charge in [-0.1, -0.05) is 103 Å². The zero-order valence-electron chi connectivity index (χ0n) is 45.1. The maximum Gasteiger partial charge on any atom is 0.323 e. The molecular weight excluding hydrogens is 1080 g/mol. The Bertz CT molecular complexity index is 3530. The first-order valence-corrected chi connectivity index (χ1v) is 29.1. The smallest absolute Gasteiger partial charge is 0.323 e. The van der Waals surface area contributed by atoms with Gasteiger partial charge in [-0.3, -0.25) is 13.8 Å².